The molecular weight excluding hydrogens is 262 g/mol. The molecule has 3 N–H and O–H groups in total. The van der Waals surface area contributed by atoms with E-state index in [1.54, 1.807) is 11.3 Å². The molecule has 0 saturated heterocycles. The number of rotatable bonds is 10. The molecule has 0 aliphatic carbocycles. The van der Waals surface area contributed by atoms with Crippen LogP contribution in [0, 0.1) is 0 Å². The highest BCUT2D eigenvalue weighted by Crippen LogP contribution is 2.10. The van der Waals surface area contributed by atoms with Crippen molar-refractivity contribution < 1.29 is 14.9 Å². The Labute approximate surface area is 119 Å². The molecule has 1 rings (SSSR count). The second kappa shape index (κ2) is 8.66. The summed E-state index contributed by atoms with van der Waals surface area (Å²) in [6.07, 6.45) is 1.16. The van der Waals surface area contributed by atoms with E-state index in [1.807, 2.05) is 31.4 Å². The fraction of sp³-hybridized carbons (Fsp3) is 0.714. The first kappa shape index (κ1) is 16.6. The van der Waals surface area contributed by atoms with Gasteiger partial charge in [0.2, 0.25) is 0 Å². The van der Waals surface area contributed by atoms with E-state index in [2.05, 4.69) is 5.32 Å². The average Bonchev–Trinajstić information content (AvgIpc) is 2.81. The molecule has 110 valence electrons. The lowest BCUT2D eigenvalue weighted by atomic mass is 10.0. The fourth-order valence-electron chi connectivity index (χ4n) is 1.88. The van der Waals surface area contributed by atoms with E-state index in [4.69, 9.17) is 4.74 Å². The van der Waals surface area contributed by atoms with Crippen molar-refractivity contribution in [1.29, 1.82) is 0 Å². The van der Waals surface area contributed by atoms with Gasteiger partial charge in [-0.05, 0) is 24.8 Å². The number of ether oxygens (including phenoxy) is 1. The minimum atomic E-state index is -0.702. The van der Waals surface area contributed by atoms with Crippen LogP contribution in [0.25, 0.3) is 0 Å². The van der Waals surface area contributed by atoms with Gasteiger partial charge in [0.05, 0.1) is 24.9 Å². The van der Waals surface area contributed by atoms with Crippen molar-refractivity contribution >= 4 is 11.3 Å². The van der Waals surface area contributed by atoms with Gasteiger partial charge in [-0.15, -0.1) is 11.3 Å². The first-order valence-corrected chi connectivity index (χ1v) is 7.63. The zero-order valence-corrected chi connectivity index (χ0v) is 12.6. The van der Waals surface area contributed by atoms with Crippen LogP contribution < -0.4 is 5.32 Å². The average molecular weight is 287 g/mol. The van der Waals surface area contributed by atoms with Crippen molar-refractivity contribution in [2.45, 2.75) is 45.0 Å². The Morgan fingerprint density at radius 3 is 2.95 bits per heavy atom. The van der Waals surface area contributed by atoms with Gasteiger partial charge in [0, 0.05) is 18.0 Å². The first-order chi connectivity index (χ1) is 9.03. The number of aliphatic hydroxyl groups excluding tert-OH is 1. The van der Waals surface area contributed by atoms with Crippen molar-refractivity contribution in [3.8, 4) is 0 Å². The van der Waals surface area contributed by atoms with Crippen LogP contribution >= 0.6 is 11.3 Å². The number of aliphatic hydroxyl groups is 2. The fourth-order valence-corrected chi connectivity index (χ4v) is 2.52. The minimum Gasteiger partial charge on any atom is -0.389 e. The van der Waals surface area contributed by atoms with E-state index in [9.17, 15) is 10.2 Å². The van der Waals surface area contributed by atoms with E-state index in [0.29, 0.717) is 26.3 Å². The molecule has 19 heavy (non-hydrogen) atoms. The van der Waals surface area contributed by atoms with E-state index >= 15 is 0 Å². The molecule has 2 unspecified atom stereocenters. The highest BCUT2D eigenvalue weighted by Gasteiger charge is 2.18. The zero-order chi connectivity index (χ0) is 14.1. The van der Waals surface area contributed by atoms with E-state index < -0.39 is 11.7 Å². The third kappa shape index (κ3) is 7.64. The topological polar surface area (TPSA) is 61.7 Å². The second-order valence-corrected chi connectivity index (χ2v) is 6.16. The Balaban J connectivity index is 2.06. The smallest absolute Gasteiger partial charge is 0.0897 e. The van der Waals surface area contributed by atoms with E-state index in [-0.39, 0.29) is 0 Å². The summed E-state index contributed by atoms with van der Waals surface area (Å²) in [4.78, 5) is 1.16. The van der Waals surface area contributed by atoms with Crippen LogP contribution in [-0.2, 0) is 11.3 Å². The lowest BCUT2D eigenvalue weighted by molar-refractivity contribution is 0.0195. The Hall–Kier alpha value is -0.460. The van der Waals surface area contributed by atoms with Crippen molar-refractivity contribution in [3.05, 3.63) is 22.4 Å². The summed E-state index contributed by atoms with van der Waals surface area (Å²) in [5, 5.41) is 24.8. The standard InChI is InChI=1S/C14H25NO3S/c1-3-6-14(2,17)11-15-8-12(16)9-18-10-13-5-4-7-19-13/h4-5,7,12,15-17H,3,6,8-11H2,1-2H3. The molecule has 0 amide bonds. The molecule has 0 aromatic carbocycles. The molecule has 0 bridgehead atoms. The molecule has 0 aliphatic heterocycles. The molecule has 5 heteroatoms. The van der Waals surface area contributed by atoms with Gasteiger partial charge in [0.25, 0.3) is 0 Å². The Morgan fingerprint density at radius 1 is 1.53 bits per heavy atom. The summed E-state index contributed by atoms with van der Waals surface area (Å²) in [5.74, 6) is 0. The van der Waals surface area contributed by atoms with Gasteiger partial charge in [-0.25, -0.2) is 0 Å². The highest BCUT2D eigenvalue weighted by atomic mass is 32.1. The van der Waals surface area contributed by atoms with Gasteiger partial charge in [-0.2, -0.15) is 0 Å². The van der Waals surface area contributed by atoms with Crippen molar-refractivity contribution in [1.82, 2.24) is 5.32 Å². The number of thiophene rings is 1. The van der Waals surface area contributed by atoms with Crippen LogP contribution in [0.15, 0.2) is 17.5 Å². The Bertz CT molecular complexity index is 327. The monoisotopic (exact) mass is 287 g/mol. The highest BCUT2D eigenvalue weighted by molar-refractivity contribution is 7.09. The van der Waals surface area contributed by atoms with Gasteiger partial charge in [0.15, 0.2) is 0 Å². The van der Waals surface area contributed by atoms with Crippen molar-refractivity contribution in [3.63, 3.8) is 0 Å². The Morgan fingerprint density at radius 2 is 2.32 bits per heavy atom. The number of nitrogens with one attached hydrogen (secondary N) is 1. The summed E-state index contributed by atoms with van der Waals surface area (Å²) in [6.45, 7) is 5.63. The lowest BCUT2D eigenvalue weighted by Crippen LogP contribution is -2.41. The second-order valence-electron chi connectivity index (χ2n) is 5.13. The molecule has 0 fully saturated rings. The van der Waals surface area contributed by atoms with Crippen LogP contribution in [0.2, 0.25) is 0 Å². The summed E-state index contributed by atoms with van der Waals surface area (Å²) >= 11 is 1.65. The SMILES string of the molecule is CCCC(C)(O)CNCC(O)COCc1cccs1. The van der Waals surface area contributed by atoms with Gasteiger partial charge in [-0.3, -0.25) is 0 Å². The molecule has 0 radical (unpaired) electrons. The van der Waals surface area contributed by atoms with E-state index in [0.717, 1.165) is 17.7 Å². The predicted octanol–water partition coefficient (Wildman–Crippen LogP) is 1.77. The first-order valence-electron chi connectivity index (χ1n) is 6.75. The molecule has 0 saturated carbocycles. The molecule has 0 spiro atoms. The maximum atomic E-state index is 9.95. The normalized spacial score (nSPS) is 16.2. The predicted molar refractivity (Wildman–Crippen MR) is 78.4 cm³/mol. The molecule has 1 heterocycles. The summed E-state index contributed by atoms with van der Waals surface area (Å²) in [7, 11) is 0. The van der Waals surface area contributed by atoms with Gasteiger partial charge < -0.3 is 20.3 Å². The largest absolute Gasteiger partial charge is 0.389 e. The Kier molecular flexibility index (Phi) is 7.56. The van der Waals surface area contributed by atoms with Gasteiger partial charge >= 0.3 is 0 Å². The molecule has 0 aliphatic rings. The van der Waals surface area contributed by atoms with Crippen LogP contribution in [0.3, 0.4) is 0 Å². The van der Waals surface area contributed by atoms with Crippen molar-refractivity contribution in [2.24, 2.45) is 0 Å². The van der Waals surface area contributed by atoms with Gasteiger partial charge in [0.1, 0.15) is 0 Å². The lowest BCUT2D eigenvalue weighted by Gasteiger charge is -2.23. The molecule has 2 atom stereocenters. The van der Waals surface area contributed by atoms with Crippen LogP contribution in [0.5, 0.6) is 0 Å². The summed E-state index contributed by atoms with van der Waals surface area (Å²) in [5.41, 5.74) is -0.702. The number of hydrogen-bond donors (Lipinski definition) is 3. The summed E-state index contributed by atoms with van der Waals surface area (Å²) in [6, 6.07) is 3.99. The summed E-state index contributed by atoms with van der Waals surface area (Å²) < 4.78 is 5.43. The number of hydrogen-bond acceptors (Lipinski definition) is 5. The molecule has 1 aromatic rings. The van der Waals surface area contributed by atoms with Crippen LogP contribution in [0.1, 0.15) is 31.6 Å². The maximum Gasteiger partial charge on any atom is 0.0897 e. The van der Waals surface area contributed by atoms with Gasteiger partial charge in [-0.1, -0.05) is 19.4 Å². The van der Waals surface area contributed by atoms with Crippen LogP contribution in [0.4, 0.5) is 0 Å². The molecule has 4 nitrogen and oxygen atoms in total. The molecule has 1 aromatic heterocycles. The quantitative estimate of drug-likeness (QED) is 0.614. The third-order valence-corrected chi connectivity index (χ3v) is 3.66. The maximum absolute atomic E-state index is 9.95. The zero-order valence-electron chi connectivity index (χ0n) is 11.8. The molecular formula is C14H25NO3S. The minimum absolute atomic E-state index is 0.306. The van der Waals surface area contributed by atoms with Crippen LogP contribution in [-0.4, -0.2) is 41.6 Å². The van der Waals surface area contributed by atoms with Crippen molar-refractivity contribution in [2.75, 3.05) is 19.7 Å². The third-order valence-electron chi connectivity index (χ3n) is 2.81. The van der Waals surface area contributed by atoms with E-state index in [1.165, 1.54) is 0 Å².